The van der Waals surface area contributed by atoms with Gasteiger partial charge in [-0.25, -0.2) is 0 Å². The van der Waals surface area contributed by atoms with Gasteiger partial charge in [-0.1, -0.05) is 38.7 Å². The minimum absolute atomic E-state index is 0.117. The van der Waals surface area contributed by atoms with Gasteiger partial charge in [-0.2, -0.15) is 0 Å². The van der Waals surface area contributed by atoms with Crippen molar-refractivity contribution in [2.24, 2.45) is 40.4 Å². The lowest BCUT2D eigenvalue weighted by Crippen LogP contribution is -2.63. The number of fused-ring (bicyclic) bond motifs is 5. The molecule has 0 bridgehead atoms. The monoisotopic (exact) mass is 441 g/mol. The highest BCUT2D eigenvalue weighted by molar-refractivity contribution is 5.87. The first kappa shape index (κ1) is 23.8. The quantitative estimate of drug-likeness (QED) is 0.324. The third-order valence-electron chi connectivity index (χ3n) is 10.4. The molecule has 0 spiro atoms. The molecule has 3 N–H and O–H groups in total. The van der Waals surface area contributed by atoms with Crippen LogP contribution in [-0.4, -0.2) is 34.9 Å². The SMILES string of the molecule is C#CCNC(=O)/C=C/CCCC1CCC2C3C(O)C(O)C4CCCCC4(C)C3CCC12C. The number of rotatable bonds is 6. The van der Waals surface area contributed by atoms with Crippen molar-refractivity contribution in [3.05, 3.63) is 12.2 Å². The van der Waals surface area contributed by atoms with E-state index >= 15 is 0 Å². The van der Waals surface area contributed by atoms with Crippen LogP contribution in [0.4, 0.5) is 0 Å². The highest BCUT2D eigenvalue weighted by atomic mass is 16.3. The smallest absolute Gasteiger partial charge is 0.244 e. The number of amides is 1. The van der Waals surface area contributed by atoms with Crippen LogP contribution >= 0.6 is 0 Å². The Balaban J connectivity index is 1.39. The van der Waals surface area contributed by atoms with Crippen molar-refractivity contribution in [1.82, 2.24) is 5.32 Å². The Kier molecular flexibility index (Phi) is 7.08. The molecule has 178 valence electrons. The molecule has 4 aliphatic carbocycles. The highest BCUT2D eigenvalue weighted by Gasteiger charge is 2.64. The molecule has 4 fully saturated rings. The van der Waals surface area contributed by atoms with Gasteiger partial charge < -0.3 is 15.5 Å². The van der Waals surface area contributed by atoms with E-state index in [9.17, 15) is 15.0 Å². The van der Waals surface area contributed by atoms with Crippen LogP contribution < -0.4 is 5.32 Å². The first-order valence-corrected chi connectivity index (χ1v) is 13.1. The van der Waals surface area contributed by atoms with Gasteiger partial charge in [-0.3, -0.25) is 4.79 Å². The number of allylic oxidation sites excluding steroid dienone is 1. The molecular formula is C28H43NO3. The predicted molar refractivity (Wildman–Crippen MR) is 127 cm³/mol. The second-order valence-electron chi connectivity index (χ2n) is 11.7. The van der Waals surface area contributed by atoms with Crippen LogP contribution in [-0.2, 0) is 4.79 Å². The lowest BCUT2D eigenvalue weighted by atomic mass is 9.43. The number of unbranched alkanes of at least 4 members (excludes halogenated alkanes) is 1. The van der Waals surface area contributed by atoms with Gasteiger partial charge in [0.15, 0.2) is 0 Å². The minimum Gasteiger partial charge on any atom is -0.390 e. The van der Waals surface area contributed by atoms with Crippen LogP contribution in [0.5, 0.6) is 0 Å². The van der Waals surface area contributed by atoms with Gasteiger partial charge in [0.05, 0.1) is 18.8 Å². The summed E-state index contributed by atoms with van der Waals surface area (Å²) >= 11 is 0. The first-order chi connectivity index (χ1) is 15.3. The number of nitrogens with one attached hydrogen (secondary N) is 1. The zero-order valence-corrected chi connectivity index (χ0v) is 20.1. The molecule has 0 aromatic carbocycles. The van der Waals surface area contributed by atoms with Gasteiger partial charge in [0, 0.05) is 0 Å². The largest absolute Gasteiger partial charge is 0.390 e. The van der Waals surface area contributed by atoms with E-state index in [0.29, 0.717) is 17.8 Å². The third-order valence-corrected chi connectivity index (χ3v) is 10.4. The Hall–Kier alpha value is -1.31. The number of aliphatic hydroxyl groups excluding tert-OH is 2. The van der Waals surface area contributed by atoms with Crippen LogP contribution in [0, 0.1) is 52.8 Å². The van der Waals surface area contributed by atoms with Crippen molar-refractivity contribution in [3.8, 4) is 12.3 Å². The number of aliphatic hydroxyl groups is 2. The Labute approximate surface area is 194 Å². The molecule has 0 saturated heterocycles. The fourth-order valence-corrected chi connectivity index (χ4v) is 8.77. The van der Waals surface area contributed by atoms with Gasteiger partial charge >= 0.3 is 0 Å². The molecule has 9 unspecified atom stereocenters. The zero-order chi connectivity index (χ0) is 22.9. The summed E-state index contributed by atoms with van der Waals surface area (Å²) in [6, 6.07) is 0. The van der Waals surface area contributed by atoms with E-state index in [1.54, 1.807) is 6.08 Å². The van der Waals surface area contributed by atoms with Crippen molar-refractivity contribution in [1.29, 1.82) is 0 Å². The first-order valence-electron chi connectivity index (χ1n) is 13.1. The second-order valence-corrected chi connectivity index (χ2v) is 11.7. The number of terminal acetylenes is 1. The molecule has 4 aliphatic rings. The summed E-state index contributed by atoms with van der Waals surface area (Å²) in [4.78, 5) is 11.6. The van der Waals surface area contributed by atoms with Crippen LogP contribution in [0.3, 0.4) is 0 Å². The van der Waals surface area contributed by atoms with E-state index in [4.69, 9.17) is 6.42 Å². The van der Waals surface area contributed by atoms with E-state index in [0.717, 1.165) is 19.3 Å². The molecule has 4 saturated carbocycles. The molecule has 1 amide bonds. The van der Waals surface area contributed by atoms with Gasteiger partial charge in [0.1, 0.15) is 0 Å². The summed E-state index contributed by atoms with van der Waals surface area (Å²) in [5.41, 5.74) is 0.472. The molecule has 4 heteroatoms. The number of carbonyl (C=O) groups excluding carboxylic acids is 1. The van der Waals surface area contributed by atoms with Crippen LogP contribution in [0.1, 0.15) is 84.5 Å². The summed E-state index contributed by atoms with van der Waals surface area (Å²) in [6.45, 7) is 5.18. The van der Waals surface area contributed by atoms with Gasteiger partial charge in [0.25, 0.3) is 0 Å². The molecule has 9 atom stereocenters. The Morgan fingerprint density at radius 3 is 2.59 bits per heavy atom. The number of carbonyl (C=O) groups is 1. The average Bonchev–Trinajstić information content (AvgIpc) is 3.11. The van der Waals surface area contributed by atoms with Crippen molar-refractivity contribution in [3.63, 3.8) is 0 Å². The van der Waals surface area contributed by atoms with E-state index in [-0.39, 0.29) is 35.1 Å². The predicted octanol–water partition coefficient (Wildman–Crippen LogP) is 4.45. The number of hydrogen-bond donors (Lipinski definition) is 3. The number of hydrogen-bond acceptors (Lipinski definition) is 3. The fourth-order valence-electron chi connectivity index (χ4n) is 8.77. The van der Waals surface area contributed by atoms with Crippen molar-refractivity contribution < 1.29 is 15.0 Å². The van der Waals surface area contributed by atoms with Crippen molar-refractivity contribution in [2.45, 2.75) is 96.7 Å². The molecule has 0 radical (unpaired) electrons. The molecule has 4 nitrogen and oxygen atoms in total. The van der Waals surface area contributed by atoms with Gasteiger partial charge in [0.2, 0.25) is 5.91 Å². The Bertz CT molecular complexity index is 756. The van der Waals surface area contributed by atoms with Crippen LogP contribution in [0.25, 0.3) is 0 Å². The third kappa shape index (κ3) is 4.05. The summed E-state index contributed by atoms with van der Waals surface area (Å²) in [5.74, 6) is 4.60. The summed E-state index contributed by atoms with van der Waals surface area (Å²) in [6.07, 6.45) is 20.5. The molecule has 4 rings (SSSR count). The van der Waals surface area contributed by atoms with E-state index in [2.05, 4.69) is 25.1 Å². The average molecular weight is 442 g/mol. The zero-order valence-electron chi connectivity index (χ0n) is 20.1. The summed E-state index contributed by atoms with van der Waals surface area (Å²) in [5, 5.41) is 25.1. The lowest BCUT2D eigenvalue weighted by Gasteiger charge is -2.63. The maximum atomic E-state index is 11.6. The van der Waals surface area contributed by atoms with E-state index in [1.165, 1.54) is 51.4 Å². The molecule has 32 heavy (non-hydrogen) atoms. The minimum atomic E-state index is -0.552. The second kappa shape index (κ2) is 9.51. The van der Waals surface area contributed by atoms with E-state index in [1.807, 2.05) is 6.08 Å². The van der Waals surface area contributed by atoms with Gasteiger partial charge in [-0.05, 0) is 104 Å². The maximum absolute atomic E-state index is 11.6. The normalized spacial score (nSPS) is 45.5. The Morgan fingerprint density at radius 2 is 1.81 bits per heavy atom. The maximum Gasteiger partial charge on any atom is 0.244 e. The molecule has 0 aliphatic heterocycles. The van der Waals surface area contributed by atoms with E-state index < -0.39 is 12.2 Å². The van der Waals surface area contributed by atoms with Crippen molar-refractivity contribution in [2.75, 3.05) is 6.54 Å². The van der Waals surface area contributed by atoms with Crippen LogP contribution in [0.2, 0.25) is 0 Å². The standard InChI is InChI=1S/C28H43NO3/c1-4-18-29-23(30)12-7-5-6-10-19-13-14-20-24-21(15-17-27(19,20)2)28(3)16-9-8-11-22(28)25(31)26(24)32/h1,7,12,19-22,24-26,31-32H,5-6,8-11,13-18H2,2-3H3,(H,29,30)/b12-7+. The Morgan fingerprint density at radius 1 is 1.03 bits per heavy atom. The lowest BCUT2D eigenvalue weighted by molar-refractivity contribution is -0.214. The van der Waals surface area contributed by atoms with Crippen LogP contribution in [0.15, 0.2) is 12.2 Å². The fraction of sp³-hybridized carbons (Fsp3) is 0.821. The summed E-state index contributed by atoms with van der Waals surface area (Å²) < 4.78 is 0. The molecule has 0 aromatic heterocycles. The van der Waals surface area contributed by atoms with Crippen molar-refractivity contribution >= 4 is 5.91 Å². The topological polar surface area (TPSA) is 69.6 Å². The molecule has 0 aromatic rings. The van der Waals surface area contributed by atoms with Gasteiger partial charge in [-0.15, -0.1) is 6.42 Å². The summed E-state index contributed by atoms with van der Waals surface area (Å²) in [7, 11) is 0. The molecule has 0 heterocycles. The molecular weight excluding hydrogens is 398 g/mol. The highest BCUT2D eigenvalue weighted by Crippen LogP contribution is 2.67.